The van der Waals surface area contributed by atoms with E-state index < -0.39 is 5.60 Å². The second-order valence-electron chi connectivity index (χ2n) is 3.98. The summed E-state index contributed by atoms with van der Waals surface area (Å²) in [6.07, 6.45) is 3.14. The zero-order valence-corrected chi connectivity index (χ0v) is 9.54. The molecule has 1 unspecified atom stereocenters. The van der Waals surface area contributed by atoms with Crippen molar-refractivity contribution in [3.63, 3.8) is 0 Å². The number of carbonyl (C=O) groups is 1. The van der Waals surface area contributed by atoms with Crippen LogP contribution in [0.4, 0.5) is 0 Å². The molecule has 1 fully saturated rings. The SMILES string of the molecule is Cn1ncc(Cl)c1C(=O)C1(C)CCCO1. The van der Waals surface area contributed by atoms with E-state index in [-0.39, 0.29) is 5.78 Å². The molecule has 15 heavy (non-hydrogen) atoms. The average Bonchev–Trinajstić information content (AvgIpc) is 2.75. The van der Waals surface area contributed by atoms with Crippen molar-refractivity contribution in [1.29, 1.82) is 0 Å². The third kappa shape index (κ3) is 1.68. The Morgan fingerprint density at radius 1 is 1.73 bits per heavy atom. The van der Waals surface area contributed by atoms with Crippen molar-refractivity contribution >= 4 is 17.4 Å². The number of aromatic nitrogens is 2. The summed E-state index contributed by atoms with van der Waals surface area (Å²) in [7, 11) is 1.71. The van der Waals surface area contributed by atoms with E-state index in [0.717, 1.165) is 12.8 Å². The van der Waals surface area contributed by atoms with Gasteiger partial charge in [0.1, 0.15) is 11.3 Å². The monoisotopic (exact) mass is 228 g/mol. The van der Waals surface area contributed by atoms with Crippen LogP contribution in [-0.4, -0.2) is 27.8 Å². The van der Waals surface area contributed by atoms with Gasteiger partial charge in [-0.25, -0.2) is 0 Å². The van der Waals surface area contributed by atoms with Gasteiger partial charge < -0.3 is 4.74 Å². The molecule has 1 aliphatic heterocycles. The third-order valence-corrected chi connectivity index (χ3v) is 3.08. The van der Waals surface area contributed by atoms with E-state index >= 15 is 0 Å². The van der Waals surface area contributed by atoms with Gasteiger partial charge in [0.25, 0.3) is 0 Å². The van der Waals surface area contributed by atoms with Crippen LogP contribution in [0.1, 0.15) is 30.3 Å². The first-order valence-electron chi connectivity index (χ1n) is 4.91. The molecule has 0 aromatic carbocycles. The van der Waals surface area contributed by atoms with Crippen molar-refractivity contribution < 1.29 is 9.53 Å². The molecule has 1 atom stereocenters. The number of rotatable bonds is 2. The molecule has 1 aliphatic rings. The van der Waals surface area contributed by atoms with Gasteiger partial charge in [-0.1, -0.05) is 11.6 Å². The zero-order valence-electron chi connectivity index (χ0n) is 8.79. The fourth-order valence-electron chi connectivity index (χ4n) is 1.87. The summed E-state index contributed by atoms with van der Waals surface area (Å²) in [5.74, 6) is -0.0787. The summed E-state index contributed by atoms with van der Waals surface area (Å²) < 4.78 is 6.98. The maximum Gasteiger partial charge on any atom is 0.213 e. The van der Waals surface area contributed by atoms with Gasteiger partial charge in [0.15, 0.2) is 0 Å². The predicted molar refractivity (Wildman–Crippen MR) is 56.1 cm³/mol. The number of ether oxygens (including phenoxy) is 1. The average molecular weight is 229 g/mol. The Morgan fingerprint density at radius 2 is 2.47 bits per heavy atom. The molecule has 0 N–H and O–H groups in total. The second-order valence-corrected chi connectivity index (χ2v) is 4.38. The molecule has 5 heteroatoms. The van der Waals surface area contributed by atoms with E-state index in [0.29, 0.717) is 17.3 Å². The van der Waals surface area contributed by atoms with Crippen LogP contribution in [0, 0.1) is 0 Å². The standard InChI is InChI=1S/C10H13ClN2O2/c1-10(4-3-5-15-10)9(14)8-7(11)6-12-13(8)2/h6H,3-5H2,1-2H3. The molecule has 82 valence electrons. The molecule has 0 radical (unpaired) electrons. The van der Waals surface area contributed by atoms with Gasteiger partial charge >= 0.3 is 0 Å². The molecule has 1 saturated heterocycles. The number of hydrogen-bond acceptors (Lipinski definition) is 3. The van der Waals surface area contributed by atoms with E-state index in [1.807, 2.05) is 6.92 Å². The summed E-state index contributed by atoms with van der Waals surface area (Å²) in [5.41, 5.74) is -0.293. The minimum atomic E-state index is -0.725. The van der Waals surface area contributed by atoms with E-state index in [1.54, 1.807) is 7.05 Å². The first kappa shape index (κ1) is 10.6. The van der Waals surface area contributed by atoms with Crippen molar-refractivity contribution in [2.45, 2.75) is 25.4 Å². The molecule has 1 aromatic rings. The van der Waals surface area contributed by atoms with Crippen LogP contribution in [0.2, 0.25) is 5.02 Å². The number of ketones is 1. The highest BCUT2D eigenvalue weighted by Gasteiger charge is 2.40. The van der Waals surface area contributed by atoms with Gasteiger partial charge in [0.05, 0.1) is 11.2 Å². The molecular formula is C10H13ClN2O2. The smallest absolute Gasteiger partial charge is 0.213 e. The molecule has 2 rings (SSSR count). The lowest BCUT2D eigenvalue weighted by molar-refractivity contribution is 0.0205. The van der Waals surface area contributed by atoms with Crippen LogP contribution < -0.4 is 0 Å². The lowest BCUT2D eigenvalue weighted by Gasteiger charge is -2.21. The Balaban J connectivity index is 2.35. The fourth-order valence-corrected chi connectivity index (χ4v) is 2.13. The minimum absolute atomic E-state index is 0.0787. The van der Waals surface area contributed by atoms with Gasteiger partial charge in [-0.2, -0.15) is 5.10 Å². The number of aryl methyl sites for hydroxylation is 1. The largest absolute Gasteiger partial charge is 0.367 e. The number of Topliss-reactive ketones (excluding diaryl/α,β-unsaturated/α-hetero) is 1. The highest BCUT2D eigenvalue weighted by Crippen LogP contribution is 2.30. The van der Waals surface area contributed by atoms with Crippen molar-refractivity contribution in [2.75, 3.05) is 6.61 Å². The summed E-state index contributed by atoms with van der Waals surface area (Å²) >= 11 is 5.92. The first-order chi connectivity index (χ1) is 7.04. The van der Waals surface area contributed by atoms with Crippen LogP contribution in [0.5, 0.6) is 0 Å². The lowest BCUT2D eigenvalue weighted by Crippen LogP contribution is -2.35. The Labute approximate surface area is 93.2 Å². The second kappa shape index (κ2) is 3.61. The van der Waals surface area contributed by atoms with Gasteiger partial charge in [0.2, 0.25) is 5.78 Å². The van der Waals surface area contributed by atoms with E-state index in [2.05, 4.69) is 5.10 Å². The molecule has 4 nitrogen and oxygen atoms in total. The normalized spacial score (nSPS) is 25.8. The molecular weight excluding hydrogens is 216 g/mol. The quantitative estimate of drug-likeness (QED) is 0.726. The van der Waals surface area contributed by atoms with Gasteiger partial charge in [-0.15, -0.1) is 0 Å². The molecule has 0 bridgehead atoms. The highest BCUT2D eigenvalue weighted by molar-refractivity contribution is 6.34. The van der Waals surface area contributed by atoms with Crippen LogP contribution in [0.15, 0.2) is 6.20 Å². The topological polar surface area (TPSA) is 44.1 Å². The van der Waals surface area contributed by atoms with Crippen molar-refractivity contribution in [3.8, 4) is 0 Å². The fraction of sp³-hybridized carbons (Fsp3) is 0.600. The van der Waals surface area contributed by atoms with Crippen LogP contribution in [-0.2, 0) is 11.8 Å². The van der Waals surface area contributed by atoms with E-state index in [4.69, 9.17) is 16.3 Å². The summed E-state index contributed by atoms with van der Waals surface area (Å²) in [6, 6.07) is 0. The van der Waals surface area contributed by atoms with E-state index in [1.165, 1.54) is 10.9 Å². The van der Waals surface area contributed by atoms with Crippen molar-refractivity contribution in [1.82, 2.24) is 9.78 Å². The predicted octanol–water partition coefficient (Wildman–Crippen LogP) is 1.83. The summed E-state index contributed by atoms with van der Waals surface area (Å²) in [4.78, 5) is 12.2. The van der Waals surface area contributed by atoms with Crippen LogP contribution in [0.3, 0.4) is 0 Å². The minimum Gasteiger partial charge on any atom is -0.367 e. The van der Waals surface area contributed by atoms with E-state index in [9.17, 15) is 4.79 Å². The molecule has 0 aliphatic carbocycles. The van der Waals surface area contributed by atoms with Crippen LogP contribution >= 0.6 is 11.6 Å². The lowest BCUT2D eigenvalue weighted by atomic mass is 9.95. The molecule has 2 heterocycles. The molecule has 0 amide bonds. The number of halogens is 1. The van der Waals surface area contributed by atoms with Crippen molar-refractivity contribution in [2.24, 2.45) is 7.05 Å². The van der Waals surface area contributed by atoms with Crippen LogP contribution in [0.25, 0.3) is 0 Å². The number of carbonyl (C=O) groups excluding carboxylic acids is 1. The number of nitrogens with zero attached hydrogens (tertiary/aromatic N) is 2. The molecule has 1 aromatic heterocycles. The Morgan fingerprint density at radius 3 is 2.93 bits per heavy atom. The maximum absolute atomic E-state index is 12.2. The summed E-state index contributed by atoms with van der Waals surface area (Å²) in [6.45, 7) is 2.45. The van der Waals surface area contributed by atoms with Gasteiger partial charge in [0, 0.05) is 13.7 Å². The Kier molecular flexibility index (Phi) is 2.56. The Hall–Kier alpha value is -0.870. The number of hydrogen-bond donors (Lipinski definition) is 0. The summed E-state index contributed by atoms with van der Waals surface area (Å²) in [5, 5.41) is 4.34. The Bertz CT molecular complexity index is 375. The van der Waals surface area contributed by atoms with Gasteiger partial charge in [-0.05, 0) is 19.8 Å². The highest BCUT2D eigenvalue weighted by atomic mass is 35.5. The zero-order chi connectivity index (χ0) is 11.1. The first-order valence-corrected chi connectivity index (χ1v) is 5.29. The third-order valence-electron chi connectivity index (χ3n) is 2.81. The maximum atomic E-state index is 12.2. The van der Waals surface area contributed by atoms with Crippen molar-refractivity contribution in [3.05, 3.63) is 16.9 Å². The molecule has 0 saturated carbocycles. The molecule has 0 spiro atoms. The van der Waals surface area contributed by atoms with Gasteiger partial charge in [-0.3, -0.25) is 9.48 Å².